The van der Waals surface area contributed by atoms with Crippen molar-refractivity contribution in [3.63, 3.8) is 0 Å². The van der Waals surface area contributed by atoms with Crippen molar-refractivity contribution in [3.05, 3.63) is 0 Å². The van der Waals surface area contributed by atoms with Gasteiger partial charge in [-0.05, 0) is 31.1 Å². The lowest BCUT2D eigenvalue weighted by atomic mass is 10.00. The maximum atomic E-state index is 12.7. The van der Waals surface area contributed by atoms with Gasteiger partial charge in [-0.2, -0.15) is 0 Å². The summed E-state index contributed by atoms with van der Waals surface area (Å²) in [5.41, 5.74) is 0. The molecular formula is C50H96O6. The molecule has 6 heteroatoms. The number of carbonyl (C=O) groups excluding carboxylic acids is 3. The van der Waals surface area contributed by atoms with Gasteiger partial charge in [0.1, 0.15) is 13.2 Å². The molecule has 0 N–H and O–H groups in total. The second-order valence-corrected chi connectivity index (χ2v) is 17.8. The molecule has 0 fully saturated rings. The zero-order valence-corrected chi connectivity index (χ0v) is 38.3. The molecular weight excluding hydrogens is 697 g/mol. The fourth-order valence-corrected chi connectivity index (χ4v) is 7.43. The first-order chi connectivity index (χ1) is 27.3. The summed E-state index contributed by atoms with van der Waals surface area (Å²) < 4.78 is 16.7. The van der Waals surface area contributed by atoms with Crippen molar-refractivity contribution >= 4 is 17.9 Å². The summed E-state index contributed by atoms with van der Waals surface area (Å²) in [5, 5.41) is 0. The van der Waals surface area contributed by atoms with E-state index in [0.29, 0.717) is 19.3 Å². The van der Waals surface area contributed by atoms with Crippen LogP contribution in [0.15, 0.2) is 0 Å². The standard InChI is InChI=1S/C50H96O6/c1-6-8-9-10-23-30-35-40-48(51)54-43-47(56-50(53)42-37-32-27-26-29-34-39-46(5)7-2)44-55-49(52)41-36-31-25-22-20-18-16-14-12-11-13-15-17-19-21-24-28-33-38-45(3)4/h45-47H,6-44H2,1-5H3/t46?,47-/m1/s1. The maximum absolute atomic E-state index is 12.7. The molecule has 0 saturated carbocycles. The predicted molar refractivity (Wildman–Crippen MR) is 238 cm³/mol. The van der Waals surface area contributed by atoms with Crippen molar-refractivity contribution in [2.24, 2.45) is 11.8 Å². The van der Waals surface area contributed by atoms with Gasteiger partial charge in [0.2, 0.25) is 0 Å². The molecule has 0 bridgehead atoms. The molecule has 0 heterocycles. The van der Waals surface area contributed by atoms with Gasteiger partial charge in [0.15, 0.2) is 6.10 Å². The van der Waals surface area contributed by atoms with E-state index < -0.39 is 6.10 Å². The third-order valence-electron chi connectivity index (χ3n) is 11.6. The summed E-state index contributed by atoms with van der Waals surface area (Å²) in [4.78, 5) is 37.6. The lowest BCUT2D eigenvalue weighted by molar-refractivity contribution is -0.167. The molecule has 0 aliphatic carbocycles. The number of ether oxygens (including phenoxy) is 3. The molecule has 0 amide bonds. The van der Waals surface area contributed by atoms with Gasteiger partial charge in [-0.1, -0.05) is 234 Å². The quantitative estimate of drug-likeness (QED) is 0.0347. The molecule has 1 unspecified atom stereocenters. The SMILES string of the molecule is CCCCCCCCCC(=O)OC[C@H](COC(=O)CCCCCCCCCCCCCCCCCCCCC(C)C)OC(=O)CCCCCCCCC(C)CC. The van der Waals surface area contributed by atoms with Crippen LogP contribution in [0.4, 0.5) is 0 Å². The largest absolute Gasteiger partial charge is 0.462 e. The van der Waals surface area contributed by atoms with Crippen LogP contribution in [0.5, 0.6) is 0 Å². The van der Waals surface area contributed by atoms with Crippen LogP contribution < -0.4 is 0 Å². The Morgan fingerprint density at radius 2 is 0.679 bits per heavy atom. The highest BCUT2D eigenvalue weighted by Crippen LogP contribution is 2.17. The van der Waals surface area contributed by atoms with E-state index in [2.05, 4.69) is 34.6 Å². The van der Waals surface area contributed by atoms with E-state index in [1.165, 1.54) is 161 Å². The van der Waals surface area contributed by atoms with E-state index in [0.717, 1.165) is 69.6 Å². The highest BCUT2D eigenvalue weighted by Gasteiger charge is 2.19. The Labute approximate surface area is 348 Å². The molecule has 0 aromatic rings. The van der Waals surface area contributed by atoms with Crippen molar-refractivity contribution in [1.82, 2.24) is 0 Å². The topological polar surface area (TPSA) is 78.9 Å². The molecule has 0 aromatic carbocycles. The van der Waals surface area contributed by atoms with Crippen LogP contribution in [-0.4, -0.2) is 37.2 Å². The summed E-state index contributed by atoms with van der Waals surface area (Å²) in [6.45, 7) is 11.3. The fraction of sp³-hybridized carbons (Fsp3) is 0.940. The Balaban J connectivity index is 4.11. The van der Waals surface area contributed by atoms with E-state index in [-0.39, 0.29) is 31.1 Å². The first kappa shape index (κ1) is 54.4. The predicted octanol–water partition coefficient (Wildman–Crippen LogP) is 15.8. The van der Waals surface area contributed by atoms with Crippen LogP contribution in [-0.2, 0) is 28.6 Å². The Morgan fingerprint density at radius 1 is 0.375 bits per heavy atom. The van der Waals surface area contributed by atoms with E-state index in [1.54, 1.807) is 0 Å². The minimum absolute atomic E-state index is 0.0653. The van der Waals surface area contributed by atoms with Crippen molar-refractivity contribution in [2.45, 2.75) is 278 Å². The Hall–Kier alpha value is -1.59. The van der Waals surface area contributed by atoms with Crippen LogP contribution in [0.2, 0.25) is 0 Å². The molecule has 0 radical (unpaired) electrons. The smallest absolute Gasteiger partial charge is 0.306 e. The number of hydrogen-bond donors (Lipinski definition) is 0. The monoisotopic (exact) mass is 793 g/mol. The summed E-state index contributed by atoms with van der Waals surface area (Å²) in [5.74, 6) is 0.807. The third kappa shape index (κ3) is 42.0. The van der Waals surface area contributed by atoms with Crippen LogP contribution in [0.25, 0.3) is 0 Å². The molecule has 0 aromatic heterocycles. The Bertz CT molecular complexity index is 856. The zero-order valence-electron chi connectivity index (χ0n) is 38.3. The first-order valence-electron chi connectivity index (χ1n) is 24.8. The summed E-state index contributed by atoms with van der Waals surface area (Å²) in [7, 11) is 0. The minimum atomic E-state index is -0.760. The second kappa shape index (κ2) is 43.0. The van der Waals surface area contributed by atoms with Crippen LogP contribution in [0, 0.1) is 11.8 Å². The van der Waals surface area contributed by atoms with E-state index in [1.807, 2.05) is 0 Å². The van der Waals surface area contributed by atoms with Gasteiger partial charge in [-0.15, -0.1) is 0 Å². The maximum Gasteiger partial charge on any atom is 0.306 e. The van der Waals surface area contributed by atoms with Crippen molar-refractivity contribution in [1.29, 1.82) is 0 Å². The molecule has 0 aliphatic rings. The van der Waals surface area contributed by atoms with Crippen molar-refractivity contribution in [3.8, 4) is 0 Å². The van der Waals surface area contributed by atoms with Crippen molar-refractivity contribution in [2.75, 3.05) is 13.2 Å². The molecule has 56 heavy (non-hydrogen) atoms. The molecule has 0 aliphatic heterocycles. The number of unbranched alkanes of at least 4 members (excludes halogenated alkanes) is 28. The average Bonchev–Trinajstić information content (AvgIpc) is 3.18. The van der Waals surface area contributed by atoms with Crippen molar-refractivity contribution < 1.29 is 28.6 Å². The highest BCUT2D eigenvalue weighted by atomic mass is 16.6. The molecule has 332 valence electrons. The van der Waals surface area contributed by atoms with Gasteiger partial charge < -0.3 is 14.2 Å². The molecule has 6 nitrogen and oxygen atoms in total. The van der Waals surface area contributed by atoms with Gasteiger partial charge in [0.05, 0.1) is 0 Å². The fourth-order valence-electron chi connectivity index (χ4n) is 7.43. The number of carbonyl (C=O) groups is 3. The summed E-state index contributed by atoms with van der Waals surface area (Å²) in [6.07, 6.45) is 42.6. The van der Waals surface area contributed by atoms with E-state index in [9.17, 15) is 14.4 Å². The summed E-state index contributed by atoms with van der Waals surface area (Å²) in [6, 6.07) is 0. The molecule has 0 spiro atoms. The van der Waals surface area contributed by atoms with Gasteiger partial charge in [0, 0.05) is 19.3 Å². The van der Waals surface area contributed by atoms with Crippen LogP contribution in [0.1, 0.15) is 272 Å². The average molecular weight is 793 g/mol. The number of hydrogen-bond acceptors (Lipinski definition) is 6. The highest BCUT2D eigenvalue weighted by molar-refractivity contribution is 5.71. The van der Waals surface area contributed by atoms with E-state index >= 15 is 0 Å². The normalized spacial score (nSPS) is 12.5. The van der Waals surface area contributed by atoms with E-state index in [4.69, 9.17) is 14.2 Å². The van der Waals surface area contributed by atoms with Gasteiger partial charge >= 0.3 is 17.9 Å². The number of esters is 3. The molecule has 2 atom stereocenters. The van der Waals surface area contributed by atoms with Crippen LogP contribution in [0.3, 0.4) is 0 Å². The van der Waals surface area contributed by atoms with Gasteiger partial charge in [-0.3, -0.25) is 14.4 Å². The molecule has 0 rings (SSSR count). The lowest BCUT2D eigenvalue weighted by Crippen LogP contribution is -2.30. The first-order valence-corrected chi connectivity index (χ1v) is 24.8. The van der Waals surface area contributed by atoms with Gasteiger partial charge in [-0.25, -0.2) is 0 Å². The zero-order chi connectivity index (χ0) is 41.2. The number of rotatable bonds is 44. The Kier molecular flexibility index (Phi) is 41.8. The lowest BCUT2D eigenvalue weighted by Gasteiger charge is -2.18. The molecule has 0 saturated heterocycles. The second-order valence-electron chi connectivity index (χ2n) is 17.8. The third-order valence-corrected chi connectivity index (χ3v) is 11.6. The Morgan fingerprint density at radius 3 is 1.02 bits per heavy atom. The summed E-state index contributed by atoms with van der Waals surface area (Å²) >= 11 is 0. The van der Waals surface area contributed by atoms with Gasteiger partial charge in [0.25, 0.3) is 0 Å². The minimum Gasteiger partial charge on any atom is -0.462 e. The van der Waals surface area contributed by atoms with Crippen LogP contribution >= 0.6 is 0 Å².